The van der Waals surface area contributed by atoms with Gasteiger partial charge >= 0.3 is 0 Å². The summed E-state index contributed by atoms with van der Waals surface area (Å²) in [6, 6.07) is 6.57. The molecule has 2 aliphatic carbocycles. The molecule has 5 heteroatoms. The highest BCUT2D eigenvalue weighted by Gasteiger charge is 2.35. The van der Waals surface area contributed by atoms with Crippen LogP contribution in [0.25, 0.3) is 0 Å². The van der Waals surface area contributed by atoms with Crippen molar-refractivity contribution in [1.29, 1.82) is 0 Å². The molecular weight excluding hydrogens is 315 g/mol. The molecule has 3 atom stereocenters. The van der Waals surface area contributed by atoms with Crippen LogP contribution in [0.3, 0.4) is 0 Å². The van der Waals surface area contributed by atoms with Crippen LogP contribution < -0.4 is 11.1 Å². The Morgan fingerprint density at radius 1 is 1.17 bits per heavy atom. The summed E-state index contributed by atoms with van der Waals surface area (Å²) >= 11 is 0. The second kappa shape index (κ2) is 8.11. The SMILES string of the molecule is Cl.NC[C@H]1CCC[C@H]1C(=O)NC(c1ccc(F)cc1)C1CCC1. The normalized spacial score (nSPS) is 25.3. The van der Waals surface area contributed by atoms with Crippen molar-refractivity contribution >= 4 is 18.3 Å². The minimum Gasteiger partial charge on any atom is -0.349 e. The summed E-state index contributed by atoms with van der Waals surface area (Å²) in [6.45, 7) is 0.586. The zero-order chi connectivity index (χ0) is 15.5. The molecule has 3 nitrogen and oxygen atoms in total. The Morgan fingerprint density at radius 2 is 1.83 bits per heavy atom. The molecule has 2 aliphatic rings. The van der Waals surface area contributed by atoms with Gasteiger partial charge in [-0.15, -0.1) is 12.4 Å². The molecule has 0 saturated heterocycles. The molecule has 1 unspecified atom stereocenters. The molecule has 3 rings (SSSR count). The summed E-state index contributed by atoms with van der Waals surface area (Å²) in [5, 5.41) is 3.24. The van der Waals surface area contributed by atoms with Gasteiger partial charge in [0.15, 0.2) is 0 Å². The number of nitrogens with one attached hydrogen (secondary N) is 1. The Labute approximate surface area is 143 Å². The highest BCUT2D eigenvalue weighted by Crippen LogP contribution is 2.39. The first kappa shape index (κ1) is 18.2. The molecule has 0 heterocycles. The number of halogens is 2. The molecule has 1 amide bonds. The summed E-state index contributed by atoms with van der Waals surface area (Å²) in [5.41, 5.74) is 6.81. The van der Waals surface area contributed by atoms with Crippen molar-refractivity contribution in [3.05, 3.63) is 35.6 Å². The maximum Gasteiger partial charge on any atom is 0.223 e. The molecule has 0 aliphatic heterocycles. The number of amides is 1. The summed E-state index contributed by atoms with van der Waals surface area (Å²) in [4.78, 5) is 12.7. The lowest BCUT2D eigenvalue weighted by Crippen LogP contribution is -2.41. The fraction of sp³-hybridized carbons (Fsp3) is 0.611. The Bertz CT molecular complexity index is 518. The van der Waals surface area contributed by atoms with Crippen LogP contribution >= 0.6 is 12.4 Å². The highest BCUT2D eigenvalue weighted by molar-refractivity contribution is 5.85. The van der Waals surface area contributed by atoms with E-state index in [4.69, 9.17) is 5.73 Å². The van der Waals surface area contributed by atoms with Crippen LogP contribution in [0.4, 0.5) is 4.39 Å². The van der Waals surface area contributed by atoms with Gasteiger partial charge in [0, 0.05) is 5.92 Å². The van der Waals surface area contributed by atoms with E-state index in [1.807, 2.05) is 0 Å². The van der Waals surface area contributed by atoms with Crippen molar-refractivity contribution in [2.75, 3.05) is 6.54 Å². The van der Waals surface area contributed by atoms with Gasteiger partial charge in [-0.1, -0.05) is 25.0 Å². The van der Waals surface area contributed by atoms with Crippen LogP contribution in [0.15, 0.2) is 24.3 Å². The van der Waals surface area contributed by atoms with Crippen LogP contribution in [0.1, 0.15) is 50.1 Å². The second-order valence-electron chi connectivity index (χ2n) is 6.76. The Morgan fingerprint density at radius 3 is 2.39 bits per heavy atom. The first-order valence-corrected chi connectivity index (χ1v) is 8.45. The fourth-order valence-corrected chi connectivity index (χ4v) is 3.84. The number of carbonyl (C=O) groups is 1. The Hall–Kier alpha value is -1.13. The van der Waals surface area contributed by atoms with E-state index in [0.717, 1.165) is 37.7 Å². The van der Waals surface area contributed by atoms with Crippen molar-refractivity contribution in [2.45, 2.75) is 44.6 Å². The average Bonchev–Trinajstić information content (AvgIpc) is 2.94. The smallest absolute Gasteiger partial charge is 0.223 e. The fourth-order valence-electron chi connectivity index (χ4n) is 3.84. The van der Waals surface area contributed by atoms with Crippen LogP contribution in [-0.4, -0.2) is 12.5 Å². The third-order valence-electron chi connectivity index (χ3n) is 5.45. The zero-order valence-corrected chi connectivity index (χ0v) is 14.2. The summed E-state index contributed by atoms with van der Waals surface area (Å²) in [7, 11) is 0. The molecule has 1 aromatic rings. The molecule has 2 fully saturated rings. The van der Waals surface area contributed by atoms with Gasteiger partial charge in [0.05, 0.1) is 6.04 Å². The Balaban J connectivity index is 0.00000192. The summed E-state index contributed by atoms with van der Waals surface area (Å²) in [6.07, 6.45) is 6.56. The lowest BCUT2D eigenvalue weighted by molar-refractivity contribution is -0.127. The zero-order valence-electron chi connectivity index (χ0n) is 13.3. The van der Waals surface area contributed by atoms with Crippen LogP contribution in [0, 0.1) is 23.6 Å². The van der Waals surface area contributed by atoms with Gasteiger partial charge in [-0.05, 0) is 61.8 Å². The lowest BCUT2D eigenvalue weighted by Gasteiger charge is -2.35. The van der Waals surface area contributed by atoms with Gasteiger partial charge in [0.25, 0.3) is 0 Å². The number of benzene rings is 1. The van der Waals surface area contributed by atoms with Crippen LogP contribution in [0.5, 0.6) is 0 Å². The minimum absolute atomic E-state index is 0. The molecule has 0 bridgehead atoms. The topological polar surface area (TPSA) is 55.1 Å². The minimum atomic E-state index is -0.235. The van der Waals surface area contributed by atoms with Gasteiger partial charge in [-0.25, -0.2) is 4.39 Å². The molecule has 23 heavy (non-hydrogen) atoms. The van der Waals surface area contributed by atoms with Gasteiger partial charge in [0.2, 0.25) is 5.91 Å². The summed E-state index contributed by atoms with van der Waals surface area (Å²) < 4.78 is 13.2. The molecule has 0 aromatic heterocycles. The number of nitrogens with two attached hydrogens (primary N) is 1. The van der Waals surface area contributed by atoms with Crippen LogP contribution in [-0.2, 0) is 4.79 Å². The lowest BCUT2D eigenvalue weighted by atomic mass is 9.77. The van der Waals surface area contributed by atoms with Crippen molar-refractivity contribution in [2.24, 2.45) is 23.5 Å². The number of carbonyl (C=O) groups excluding carboxylic acids is 1. The van der Waals surface area contributed by atoms with Gasteiger partial charge in [-0.3, -0.25) is 4.79 Å². The third kappa shape index (κ3) is 4.04. The van der Waals surface area contributed by atoms with E-state index in [1.54, 1.807) is 12.1 Å². The van der Waals surface area contributed by atoms with E-state index >= 15 is 0 Å². The number of rotatable bonds is 5. The quantitative estimate of drug-likeness (QED) is 0.860. The van der Waals surface area contributed by atoms with E-state index < -0.39 is 0 Å². The molecule has 3 N–H and O–H groups in total. The molecule has 128 valence electrons. The predicted molar refractivity (Wildman–Crippen MR) is 91.8 cm³/mol. The maximum atomic E-state index is 13.2. The maximum absolute atomic E-state index is 13.2. The average molecular weight is 341 g/mol. The van der Waals surface area contributed by atoms with Crippen LogP contribution in [0.2, 0.25) is 0 Å². The van der Waals surface area contributed by atoms with Gasteiger partial charge in [0.1, 0.15) is 5.82 Å². The molecule has 0 spiro atoms. The predicted octanol–water partition coefficient (Wildman–Crippen LogP) is 3.58. The highest BCUT2D eigenvalue weighted by atomic mass is 35.5. The Kier molecular flexibility index (Phi) is 6.42. The van der Waals surface area contributed by atoms with E-state index in [2.05, 4.69) is 5.32 Å². The van der Waals surface area contributed by atoms with Gasteiger partial charge < -0.3 is 11.1 Å². The first-order chi connectivity index (χ1) is 10.7. The summed E-state index contributed by atoms with van der Waals surface area (Å²) in [5.74, 6) is 0.742. The molecular formula is C18H26ClFN2O. The molecule has 2 saturated carbocycles. The standard InChI is InChI=1S/C18H25FN2O.ClH/c19-15-9-7-13(8-10-15)17(12-3-1-4-12)21-18(22)16-6-2-5-14(16)11-20;/h7-10,12,14,16-17H,1-6,11,20H2,(H,21,22);1H/t14-,16-,17?;/m1./s1. The largest absolute Gasteiger partial charge is 0.349 e. The van der Waals surface area contributed by atoms with Crippen molar-refractivity contribution < 1.29 is 9.18 Å². The van der Waals surface area contributed by atoms with Crippen molar-refractivity contribution in [1.82, 2.24) is 5.32 Å². The molecule has 0 radical (unpaired) electrons. The molecule has 1 aromatic carbocycles. The van der Waals surface area contributed by atoms with E-state index in [0.29, 0.717) is 18.4 Å². The second-order valence-corrected chi connectivity index (χ2v) is 6.76. The number of hydrogen-bond acceptors (Lipinski definition) is 2. The van der Waals surface area contributed by atoms with Gasteiger partial charge in [-0.2, -0.15) is 0 Å². The third-order valence-corrected chi connectivity index (χ3v) is 5.45. The van der Waals surface area contributed by atoms with E-state index in [9.17, 15) is 9.18 Å². The van der Waals surface area contributed by atoms with E-state index in [1.165, 1.54) is 18.6 Å². The monoisotopic (exact) mass is 340 g/mol. The number of hydrogen-bond donors (Lipinski definition) is 2. The first-order valence-electron chi connectivity index (χ1n) is 8.45. The van der Waals surface area contributed by atoms with Crippen molar-refractivity contribution in [3.63, 3.8) is 0 Å². The van der Waals surface area contributed by atoms with Crippen molar-refractivity contribution in [3.8, 4) is 0 Å². The van der Waals surface area contributed by atoms with E-state index in [-0.39, 0.29) is 36.1 Å².